The Balaban J connectivity index is 1.36. The number of fused-ring (bicyclic) bond motifs is 1. The summed E-state index contributed by atoms with van der Waals surface area (Å²) in [7, 11) is 0. The third kappa shape index (κ3) is 4.51. The van der Waals surface area contributed by atoms with E-state index < -0.39 is 35.5 Å². The standard InChI is InChI=1S/C25H24F2N2O4/c1-14-22(19-5-3-4-6-21(19)28-14)23(30)15(2)33-25(32)16-9-11-29(12-10-16)24(31)18-8-7-17(26)13-20(18)27/h3-8,13,15-16,28H,9-12H2,1-2H3. The van der Waals surface area contributed by atoms with E-state index in [0.29, 0.717) is 30.2 Å². The quantitative estimate of drug-likeness (QED) is 0.457. The molecule has 2 aromatic carbocycles. The minimum absolute atomic E-state index is 0.203. The Labute approximate surface area is 189 Å². The van der Waals surface area contributed by atoms with E-state index in [4.69, 9.17) is 4.74 Å². The van der Waals surface area contributed by atoms with E-state index in [1.165, 1.54) is 4.90 Å². The smallest absolute Gasteiger partial charge is 0.309 e. The normalized spacial score (nSPS) is 15.5. The number of nitrogens with one attached hydrogen (secondary N) is 1. The first-order valence-corrected chi connectivity index (χ1v) is 10.8. The molecule has 1 saturated heterocycles. The number of carbonyl (C=O) groups excluding carboxylic acids is 3. The number of aromatic nitrogens is 1. The van der Waals surface area contributed by atoms with Crippen LogP contribution >= 0.6 is 0 Å². The van der Waals surface area contributed by atoms with E-state index in [9.17, 15) is 23.2 Å². The summed E-state index contributed by atoms with van der Waals surface area (Å²) in [5.74, 6) is -3.45. The average molecular weight is 454 g/mol. The number of nitrogens with zero attached hydrogens (tertiary/aromatic N) is 1. The molecule has 1 aromatic heterocycles. The van der Waals surface area contributed by atoms with Crippen LogP contribution in [-0.2, 0) is 9.53 Å². The van der Waals surface area contributed by atoms with Crippen molar-refractivity contribution in [1.82, 2.24) is 9.88 Å². The number of likely N-dealkylation sites (tertiary alicyclic amines) is 1. The molecule has 172 valence electrons. The van der Waals surface area contributed by atoms with Gasteiger partial charge in [-0.1, -0.05) is 18.2 Å². The molecule has 3 aromatic rings. The van der Waals surface area contributed by atoms with Crippen LogP contribution < -0.4 is 0 Å². The Bertz CT molecular complexity index is 1230. The van der Waals surface area contributed by atoms with Gasteiger partial charge in [0.05, 0.1) is 11.5 Å². The van der Waals surface area contributed by atoms with Gasteiger partial charge in [-0.15, -0.1) is 0 Å². The number of benzene rings is 2. The van der Waals surface area contributed by atoms with Gasteiger partial charge < -0.3 is 14.6 Å². The number of halogens is 2. The fourth-order valence-electron chi connectivity index (χ4n) is 4.27. The van der Waals surface area contributed by atoms with Crippen LogP contribution in [0, 0.1) is 24.5 Å². The molecule has 1 aliphatic rings. The lowest BCUT2D eigenvalue weighted by atomic mass is 9.96. The first-order valence-electron chi connectivity index (χ1n) is 10.8. The topological polar surface area (TPSA) is 79.5 Å². The number of Topliss-reactive ketones (excluding diaryl/α,β-unsaturated/α-hetero) is 1. The molecule has 8 heteroatoms. The SMILES string of the molecule is Cc1[nH]c2ccccc2c1C(=O)C(C)OC(=O)C1CCN(C(=O)c2ccc(F)cc2F)CC1. The Hall–Kier alpha value is -3.55. The van der Waals surface area contributed by atoms with Crippen LogP contribution in [0.1, 0.15) is 46.2 Å². The van der Waals surface area contributed by atoms with Crippen molar-refractivity contribution in [2.24, 2.45) is 5.92 Å². The molecular weight excluding hydrogens is 430 g/mol. The summed E-state index contributed by atoms with van der Waals surface area (Å²) < 4.78 is 32.5. The first-order chi connectivity index (χ1) is 15.8. The molecule has 0 aliphatic carbocycles. The van der Waals surface area contributed by atoms with Crippen LogP contribution in [-0.4, -0.2) is 46.7 Å². The molecule has 2 heterocycles. The Morgan fingerprint density at radius 3 is 2.48 bits per heavy atom. The van der Waals surface area contributed by atoms with Crippen LogP contribution in [0.4, 0.5) is 8.78 Å². The molecule has 1 fully saturated rings. The van der Waals surface area contributed by atoms with Crippen molar-refractivity contribution in [2.75, 3.05) is 13.1 Å². The van der Waals surface area contributed by atoms with E-state index in [1.807, 2.05) is 24.3 Å². The number of aryl methyl sites for hydroxylation is 1. The minimum Gasteiger partial charge on any atom is -0.454 e. The molecule has 1 unspecified atom stereocenters. The van der Waals surface area contributed by atoms with Gasteiger partial charge in [-0.2, -0.15) is 0 Å². The lowest BCUT2D eigenvalue weighted by molar-refractivity contribution is -0.152. The summed E-state index contributed by atoms with van der Waals surface area (Å²) in [5, 5.41) is 0.780. The van der Waals surface area contributed by atoms with Gasteiger partial charge in [-0.05, 0) is 44.9 Å². The highest BCUT2D eigenvalue weighted by Crippen LogP contribution is 2.26. The van der Waals surface area contributed by atoms with Gasteiger partial charge in [-0.25, -0.2) is 8.78 Å². The fraction of sp³-hybridized carbons (Fsp3) is 0.320. The highest BCUT2D eigenvalue weighted by atomic mass is 19.1. The van der Waals surface area contributed by atoms with Crippen molar-refractivity contribution < 1.29 is 27.9 Å². The molecule has 1 aliphatic heterocycles. The van der Waals surface area contributed by atoms with Crippen molar-refractivity contribution in [1.29, 1.82) is 0 Å². The van der Waals surface area contributed by atoms with Crippen molar-refractivity contribution >= 4 is 28.6 Å². The van der Waals surface area contributed by atoms with Crippen LogP contribution in [0.2, 0.25) is 0 Å². The zero-order valence-corrected chi connectivity index (χ0v) is 18.4. The van der Waals surface area contributed by atoms with E-state index in [2.05, 4.69) is 4.98 Å². The van der Waals surface area contributed by atoms with Crippen LogP contribution in [0.15, 0.2) is 42.5 Å². The molecule has 33 heavy (non-hydrogen) atoms. The number of piperidine rings is 1. The molecule has 0 radical (unpaired) electrons. The maximum atomic E-state index is 13.9. The van der Waals surface area contributed by atoms with Gasteiger partial charge in [0, 0.05) is 41.3 Å². The molecule has 0 saturated carbocycles. The third-order valence-corrected chi connectivity index (χ3v) is 6.08. The maximum Gasteiger partial charge on any atom is 0.309 e. The van der Waals surface area contributed by atoms with Crippen LogP contribution in [0.5, 0.6) is 0 Å². The molecule has 0 bridgehead atoms. The number of H-pyrrole nitrogens is 1. The van der Waals surface area contributed by atoms with Gasteiger partial charge in [0.15, 0.2) is 6.10 Å². The number of ether oxygens (including phenoxy) is 1. The lowest BCUT2D eigenvalue weighted by Gasteiger charge is -2.31. The Kier molecular flexibility index (Phi) is 6.26. The number of hydrogen-bond acceptors (Lipinski definition) is 4. The first kappa shape index (κ1) is 22.6. The zero-order valence-electron chi connectivity index (χ0n) is 18.4. The number of esters is 1. The molecule has 0 spiro atoms. The fourth-order valence-corrected chi connectivity index (χ4v) is 4.27. The van der Waals surface area contributed by atoms with Crippen molar-refractivity contribution in [3.05, 3.63) is 70.9 Å². The summed E-state index contributed by atoms with van der Waals surface area (Å²) in [5.41, 5.74) is 1.86. The minimum atomic E-state index is -0.955. The number of hydrogen-bond donors (Lipinski definition) is 1. The molecule has 1 N–H and O–H groups in total. The van der Waals surface area contributed by atoms with Gasteiger partial charge in [0.2, 0.25) is 5.78 Å². The van der Waals surface area contributed by atoms with Crippen LogP contribution in [0.25, 0.3) is 10.9 Å². The van der Waals surface area contributed by atoms with E-state index in [0.717, 1.165) is 23.0 Å². The molecule has 6 nitrogen and oxygen atoms in total. The number of rotatable bonds is 5. The number of aromatic amines is 1. The van der Waals surface area contributed by atoms with Gasteiger partial charge >= 0.3 is 5.97 Å². The number of para-hydroxylation sites is 1. The maximum absolute atomic E-state index is 13.9. The number of ketones is 1. The van der Waals surface area contributed by atoms with E-state index in [1.54, 1.807) is 13.8 Å². The zero-order chi connectivity index (χ0) is 23.7. The highest BCUT2D eigenvalue weighted by Gasteiger charge is 2.32. The average Bonchev–Trinajstić information content (AvgIpc) is 3.13. The largest absolute Gasteiger partial charge is 0.454 e. The monoisotopic (exact) mass is 454 g/mol. The summed E-state index contributed by atoms with van der Waals surface area (Å²) in [6.45, 7) is 3.83. The molecule has 1 atom stereocenters. The molecule has 1 amide bonds. The van der Waals surface area contributed by atoms with Gasteiger partial charge in [0.1, 0.15) is 11.6 Å². The van der Waals surface area contributed by atoms with Crippen LogP contribution in [0.3, 0.4) is 0 Å². The summed E-state index contributed by atoms with van der Waals surface area (Å²) >= 11 is 0. The number of amides is 1. The van der Waals surface area contributed by atoms with Gasteiger partial charge in [0.25, 0.3) is 5.91 Å². The second-order valence-corrected chi connectivity index (χ2v) is 8.30. The molecular formula is C25H24F2N2O4. The predicted molar refractivity (Wildman–Crippen MR) is 118 cm³/mol. The summed E-state index contributed by atoms with van der Waals surface area (Å²) in [6.07, 6.45) is -0.288. The molecule has 4 rings (SSSR count). The second-order valence-electron chi connectivity index (χ2n) is 8.30. The Morgan fingerprint density at radius 2 is 1.79 bits per heavy atom. The van der Waals surface area contributed by atoms with E-state index in [-0.39, 0.29) is 24.4 Å². The highest BCUT2D eigenvalue weighted by molar-refractivity contribution is 6.11. The second kappa shape index (κ2) is 9.13. The number of carbonyl (C=O) groups is 3. The summed E-state index contributed by atoms with van der Waals surface area (Å²) in [4.78, 5) is 42.8. The van der Waals surface area contributed by atoms with Crippen molar-refractivity contribution in [3.8, 4) is 0 Å². The summed E-state index contributed by atoms with van der Waals surface area (Å²) in [6, 6.07) is 10.3. The van der Waals surface area contributed by atoms with Gasteiger partial charge in [-0.3, -0.25) is 14.4 Å². The predicted octanol–water partition coefficient (Wildman–Crippen LogP) is 4.42. The van der Waals surface area contributed by atoms with E-state index >= 15 is 0 Å². The third-order valence-electron chi connectivity index (χ3n) is 6.08. The Morgan fingerprint density at radius 1 is 1.09 bits per heavy atom. The van der Waals surface area contributed by atoms with Crippen molar-refractivity contribution in [2.45, 2.75) is 32.8 Å². The van der Waals surface area contributed by atoms with Crippen molar-refractivity contribution in [3.63, 3.8) is 0 Å². The lowest BCUT2D eigenvalue weighted by Crippen LogP contribution is -2.41.